The molecule has 0 radical (unpaired) electrons. The molecule has 4 rings (SSSR count). The molecule has 1 amide bonds. The summed E-state index contributed by atoms with van der Waals surface area (Å²) in [5.74, 6) is 5.92. The van der Waals surface area contributed by atoms with E-state index in [2.05, 4.69) is 5.32 Å². The Hall–Kier alpha value is -2.66. The van der Waals surface area contributed by atoms with Crippen LogP contribution in [0.15, 0.2) is 36.4 Å². The summed E-state index contributed by atoms with van der Waals surface area (Å²) in [5.41, 5.74) is 2.87. The summed E-state index contributed by atoms with van der Waals surface area (Å²) in [6.45, 7) is 1.97. The number of halogens is 1. The van der Waals surface area contributed by atoms with Crippen molar-refractivity contribution >= 4 is 18.2 Å². The van der Waals surface area contributed by atoms with Crippen LogP contribution in [0.4, 0.5) is 4.39 Å². The number of hydrogen-bond donors (Lipinski definition) is 2. The van der Waals surface area contributed by atoms with Crippen LogP contribution in [0.25, 0.3) is 23.4 Å². The minimum absolute atomic E-state index is 0.00473. The van der Waals surface area contributed by atoms with Gasteiger partial charge in [-0.2, -0.15) is 0 Å². The van der Waals surface area contributed by atoms with Gasteiger partial charge in [-0.1, -0.05) is 31.0 Å². The second-order valence-corrected chi connectivity index (χ2v) is 7.45. The van der Waals surface area contributed by atoms with Crippen molar-refractivity contribution in [3.63, 3.8) is 0 Å². The first-order valence-electron chi connectivity index (χ1n) is 9.45. The van der Waals surface area contributed by atoms with Crippen LogP contribution in [0, 0.1) is 18.7 Å². The number of nitrogens with two attached hydrogens (primary N) is 1. The van der Waals surface area contributed by atoms with Crippen LogP contribution in [-0.2, 0) is 4.79 Å². The fourth-order valence-electron chi connectivity index (χ4n) is 4.00. The minimum atomic E-state index is -0.354. The molecule has 0 aromatic heterocycles. The van der Waals surface area contributed by atoms with Crippen molar-refractivity contribution in [1.29, 1.82) is 0 Å². The maximum absolute atomic E-state index is 13.6. The minimum Gasteiger partial charge on any atom is -0.366 e. The highest BCUT2D eigenvalue weighted by Crippen LogP contribution is 2.26. The van der Waals surface area contributed by atoms with Crippen LogP contribution >= 0.6 is 0 Å². The van der Waals surface area contributed by atoms with Gasteiger partial charge in [0.1, 0.15) is 12.0 Å². The summed E-state index contributed by atoms with van der Waals surface area (Å²) < 4.78 is 13.6. The molecule has 1 heterocycles. The molecule has 4 nitrogen and oxygen atoms in total. The quantitative estimate of drug-likeness (QED) is 0.498. The first-order valence-corrected chi connectivity index (χ1v) is 9.45. The zero-order valence-corrected chi connectivity index (χ0v) is 15.4. The van der Waals surface area contributed by atoms with Gasteiger partial charge in [0, 0.05) is 12.1 Å². The average Bonchev–Trinajstić information content (AvgIpc) is 3.22. The van der Waals surface area contributed by atoms with Crippen LogP contribution < -0.4 is 21.6 Å². The van der Waals surface area contributed by atoms with Gasteiger partial charge in [-0.05, 0) is 71.2 Å². The number of benzene rings is 2. The molecule has 2 aromatic carbocycles. The second-order valence-electron chi connectivity index (χ2n) is 7.45. The highest BCUT2D eigenvalue weighted by molar-refractivity contribution is 5.80. The lowest BCUT2D eigenvalue weighted by Gasteiger charge is -2.29. The van der Waals surface area contributed by atoms with Crippen molar-refractivity contribution in [2.75, 3.05) is 0 Å². The number of carbonyl (C=O) groups excluding carboxylic acids is 1. The summed E-state index contributed by atoms with van der Waals surface area (Å²) in [6, 6.07) is 10.8. The lowest BCUT2D eigenvalue weighted by molar-refractivity contribution is -0.137. The molecule has 27 heavy (non-hydrogen) atoms. The van der Waals surface area contributed by atoms with Crippen molar-refractivity contribution in [1.82, 2.24) is 10.3 Å². The van der Waals surface area contributed by atoms with E-state index >= 15 is 0 Å². The normalized spacial score (nSPS) is 18.9. The van der Waals surface area contributed by atoms with E-state index in [4.69, 9.17) is 5.84 Å². The topological polar surface area (TPSA) is 58.4 Å². The third-order valence-electron chi connectivity index (χ3n) is 5.60. The Morgan fingerprint density at radius 1 is 1.15 bits per heavy atom. The molecule has 140 valence electrons. The Morgan fingerprint density at radius 2 is 1.93 bits per heavy atom. The molecule has 0 saturated heterocycles. The number of nitrogens with zero attached hydrogens (tertiary/aromatic N) is 1. The molecule has 3 N–H and O–H groups in total. The second kappa shape index (κ2) is 7.16. The molecule has 1 unspecified atom stereocenters. The molecule has 1 fully saturated rings. The van der Waals surface area contributed by atoms with Gasteiger partial charge in [-0.25, -0.2) is 10.2 Å². The van der Waals surface area contributed by atoms with E-state index in [1.54, 1.807) is 12.1 Å². The average molecular weight is 365 g/mol. The fourth-order valence-corrected chi connectivity index (χ4v) is 4.00. The van der Waals surface area contributed by atoms with Crippen molar-refractivity contribution < 1.29 is 9.18 Å². The smallest absolute Gasteiger partial charge is 0.241 e. The van der Waals surface area contributed by atoms with E-state index in [1.807, 2.05) is 37.4 Å². The molecule has 1 saturated carbocycles. The molecule has 0 spiro atoms. The maximum Gasteiger partial charge on any atom is 0.241 e. The molecule has 0 bridgehead atoms. The number of amides is 1. The molecule has 2 aromatic rings. The molecule has 5 heteroatoms. The Kier molecular flexibility index (Phi) is 4.70. The zero-order chi connectivity index (χ0) is 19.0. The molecular formula is C22H24FN3O. The van der Waals surface area contributed by atoms with Gasteiger partial charge in [0.15, 0.2) is 0 Å². The summed E-state index contributed by atoms with van der Waals surface area (Å²) in [5, 5.41) is 6.53. The van der Waals surface area contributed by atoms with Crippen LogP contribution in [-0.4, -0.2) is 17.1 Å². The van der Waals surface area contributed by atoms with Gasteiger partial charge < -0.3 is 5.32 Å². The van der Waals surface area contributed by atoms with Crippen LogP contribution in [0.1, 0.15) is 31.2 Å². The number of nitrogens with one attached hydrogen (secondary N) is 1. The predicted molar refractivity (Wildman–Crippen MR) is 105 cm³/mol. The van der Waals surface area contributed by atoms with Gasteiger partial charge in [-0.3, -0.25) is 9.80 Å². The number of rotatable bonds is 3. The van der Waals surface area contributed by atoms with Gasteiger partial charge in [-0.15, -0.1) is 0 Å². The van der Waals surface area contributed by atoms with E-state index in [9.17, 15) is 9.18 Å². The third kappa shape index (κ3) is 3.47. The summed E-state index contributed by atoms with van der Waals surface area (Å²) in [4.78, 5) is 12.6. The van der Waals surface area contributed by atoms with Crippen molar-refractivity contribution in [2.45, 2.75) is 38.8 Å². The van der Waals surface area contributed by atoms with Crippen molar-refractivity contribution in [3.8, 4) is 11.1 Å². The van der Waals surface area contributed by atoms with E-state index in [0.29, 0.717) is 0 Å². The summed E-state index contributed by atoms with van der Waals surface area (Å²) in [7, 11) is 0. The fraction of sp³-hybridized carbons (Fsp3) is 0.318. The Morgan fingerprint density at radius 3 is 2.70 bits per heavy atom. The highest BCUT2D eigenvalue weighted by Gasteiger charge is 2.29. The molecule has 2 aliphatic rings. The monoisotopic (exact) mass is 365 g/mol. The van der Waals surface area contributed by atoms with Crippen molar-refractivity contribution in [2.24, 2.45) is 11.8 Å². The van der Waals surface area contributed by atoms with Gasteiger partial charge in [0.05, 0.1) is 0 Å². The number of aryl methyl sites for hydroxylation is 1. The zero-order valence-electron chi connectivity index (χ0n) is 15.4. The summed E-state index contributed by atoms with van der Waals surface area (Å²) in [6.07, 6.45) is 7.54. The van der Waals surface area contributed by atoms with E-state index in [-0.39, 0.29) is 23.8 Å². The van der Waals surface area contributed by atoms with Gasteiger partial charge in [0.25, 0.3) is 0 Å². The highest BCUT2D eigenvalue weighted by atomic mass is 19.1. The Balaban J connectivity index is 1.62. The number of carbonyl (C=O) groups is 1. The Bertz CT molecular complexity index is 995. The van der Waals surface area contributed by atoms with E-state index in [0.717, 1.165) is 52.8 Å². The maximum atomic E-state index is 13.6. The molecular weight excluding hydrogens is 341 g/mol. The standard InChI is InChI=1S/C22H24FN3O/c1-14-6-9-19(23)12-20(14)17-8-7-16-11-21(25-13-18(16)10-17)26(24)22(27)15-4-2-3-5-15/h6-13,15,21,25H,2-5,24H2,1H3. The number of hydrazine groups is 1. The number of hydrogen-bond acceptors (Lipinski definition) is 3. The first-order chi connectivity index (χ1) is 13.0. The lowest BCUT2D eigenvalue weighted by Crippen LogP contribution is -2.55. The van der Waals surface area contributed by atoms with Gasteiger partial charge in [0.2, 0.25) is 5.91 Å². The van der Waals surface area contributed by atoms with Crippen LogP contribution in [0.3, 0.4) is 0 Å². The Labute approximate surface area is 158 Å². The molecule has 1 atom stereocenters. The largest absolute Gasteiger partial charge is 0.366 e. The van der Waals surface area contributed by atoms with Crippen LogP contribution in [0.5, 0.6) is 0 Å². The molecule has 1 aliphatic heterocycles. The predicted octanol–water partition coefficient (Wildman–Crippen LogP) is 2.14. The van der Waals surface area contributed by atoms with E-state index < -0.39 is 0 Å². The van der Waals surface area contributed by atoms with Gasteiger partial charge >= 0.3 is 0 Å². The third-order valence-corrected chi connectivity index (χ3v) is 5.60. The van der Waals surface area contributed by atoms with Crippen molar-refractivity contribution in [3.05, 3.63) is 58.2 Å². The van der Waals surface area contributed by atoms with Crippen LogP contribution in [0.2, 0.25) is 0 Å². The van der Waals surface area contributed by atoms with E-state index in [1.165, 1.54) is 11.1 Å². The summed E-state index contributed by atoms with van der Waals surface area (Å²) >= 11 is 0. The SMILES string of the molecule is Cc1ccc(F)cc1-c1ccc2c(c1)=CNC(N(N)C(=O)C1CCCC1)C=2. The molecule has 1 aliphatic carbocycles. The first kappa shape index (κ1) is 17.7. The number of fused-ring (bicyclic) bond motifs is 1. The lowest BCUT2D eigenvalue weighted by atomic mass is 9.98.